The molecule has 0 radical (unpaired) electrons. The summed E-state index contributed by atoms with van der Waals surface area (Å²) >= 11 is 8.20. The quantitative estimate of drug-likeness (QED) is 0.205. The van der Waals surface area contributed by atoms with Gasteiger partial charge >= 0.3 is 0 Å². The highest BCUT2D eigenvalue weighted by Gasteiger charge is 2.31. The van der Waals surface area contributed by atoms with Crippen LogP contribution in [0.4, 0.5) is 5.13 Å². The van der Waals surface area contributed by atoms with Crippen LogP contribution in [-0.2, 0) is 9.59 Å². The van der Waals surface area contributed by atoms with E-state index in [2.05, 4.69) is 10.3 Å². The molecule has 182 valence electrons. The van der Waals surface area contributed by atoms with Crippen molar-refractivity contribution < 1.29 is 19.1 Å². The van der Waals surface area contributed by atoms with E-state index >= 15 is 0 Å². The molecule has 0 saturated carbocycles. The molecule has 2 amide bonds. The number of thiocarbonyl (C=S) groups is 1. The highest BCUT2D eigenvalue weighted by Crippen LogP contribution is 2.35. The Morgan fingerprint density at radius 1 is 1.11 bits per heavy atom. The van der Waals surface area contributed by atoms with E-state index in [1.807, 2.05) is 42.5 Å². The van der Waals surface area contributed by atoms with Gasteiger partial charge in [-0.25, -0.2) is 4.98 Å². The number of nitrogens with one attached hydrogen (secondary N) is 1. The smallest absolute Gasteiger partial charge is 0.266 e. The lowest BCUT2D eigenvalue weighted by Gasteiger charge is -2.14. The van der Waals surface area contributed by atoms with Crippen LogP contribution < -0.4 is 14.8 Å². The van der Waals surface area contributed by atoms with Gasteiger partial charge in [0.1, 0.15) is 4.32 Å². The van der Waals surface area contributed by atoms with Crippen LogP contribution in [0.3, 0.4) is 0 Å². The Morgan fingerprint density at radius 3 is 2.69 bits per heavy atom. The van der Waals surface area contributed by atoms with E-state index in [-0.39, 0.29) is 11.8 Å². The number of fused-ring (bicyclic) bond motifs is 1. The van der Waals surface area contributed by atoms with Gasteiger partial charge < -0.3 is 14.8 Å². The maximum Gasteiger partial charge on any atom is 0.266 e. The van der Waals surface area contributed by atoms with Crippen molar-refractivity contribution in [3.63, 3.8) is 0 Å². The van der Waals surface area contributed by atoms with Gasteiger partial charge in [0.25, 0.3) is 5.91 Å². The SMILES string of the molecule is COc1ccc(C=C2SC(=S)N(CCCCCC(=O)Nc3nc4ccccc4s3)C2=O)cc1OC. The molecule has 0 atom stereocenters. The van der Waals surface area contributed by atoms with E-state index in [0.717, 1.165) is 35.0 Å². The number of unbranched alkanes of at least 4 members (excludes halogenated alkanes) is 2. The molecule has 2 aromatic carbocycles. The number of carbonyl (C=O) groups excluding carboxylic acids is 2. The molecule has 0 bridgehead atoms. The molecule has 1 aliphatic heterocycles. The van der Waals surface area contributed by atoms with Crippen molar-refractivity contribution in [1.82, 2.24) is 9.88 Å². The molecule has 1 fully saturated rings. The van der Waals surface area contributed by atoms with Crippen LogP contribution in [0.5, 0.6) is 11.5 Å². The summed E-state index contributed by atoms with van der Waals surface area (Å²) in [5, 5.41) is 3.50. The number of hydrogen-bond acceptors (Lipinski definition) is 8. The lowest BCUT2D eigenvalue weighted by Crippen LogP contribution is -2.29. The van der Waals surface area contributed by atoms with E-state index in [0.29, 0.717) is 38.8 Å². The van der Waals surface area contributed by atoms with Crippen molar-refractivity contribution in [2.24, 2.45) is 0 Å². The molecule has 2 heterocycles. The Morgan fingerprint density at radius 2 is 1.91 bits per heavy atom. The molecule has 10 heteroatoms. The van der Waals surface area contributed by atoms with Gasteiger partial charge in [-0.3, -0.25) is 14.5 Å². The fraction of sp³-hybridized carbons (Fsp3) is 0.280. The van der Waals surface area contributed by atoms with Crippen LogP contribution in [0, 0.1) is 0 Å². The van der Waals surface area contributed by atoms with Gasteiger partial charge in [0.05, 0.1) is 29.3 Å². The fourth-order valence-corrected chi connectivity index (χ4v) is 5.82. The number of ether oxygens (including phenoxy) is 2. The summed E-state index contributed by atoms with van der Waals surface area (Å²) in [5.74, 6) is 1.09. The summed E-state index contributed by atoms with van der Waals surface area (Å²) in [4.78, 5) is 31.8. The third-order valence-electron chi connectivity index (χ3n) is 5.40. The fourth-order valence-electron chi connectivity index (χ4n) is 3.63. The van der Waals surface area contributed by atoms with Crippen LogP contribution in [0.25, 0.3) is 16.3 Å². The average Bonchev–Trinajstić information content (AvgIpc) is 3.38. The summed E-state index contributed by atoms with van der Waals surface area (Å²) in [5.41, 5.74) is 1.72. The van der Waals surface area contributed by atoms with Crippen LogP contribution >= 0.6 is 35.3 Å². The number of methoxy groups -OCH3 is 2. The van der Waals surface area contributed by atoms with Gasteiger partial charge in [0, 0.05) is 13.0 Å². The highest BCUT2D eigenvalue weighted by atomic mass is 32.2. The number of thioether (sulfide) groups is 1. The Kier molecular flexibility index (Phi) is 8.37. The molecular weight excluding hydrogens is 502 g/mol. The summed E-state index contributed by atoms with van der Waals surface area (Å²) in [7, 11) is 3.16. The average molecular weight is 528 g/mol. The predicted octanol–water partition coefficient (Wildman–Crippen LogP) is 5.71. The first-order valence-corrected chi connectivity index (χ1v) is 13.2. The van der Waals surface area contributed by atoms with E-state index in [1.165, 1.54) is 23.1 Å². The van der Waals surface area contributed by atoms with Crippen LogP contribution in [-0.4, -0.2) is 46.8 Å². The molecule has 35 heavy (non-hydrogen) atoms. The number of thiazole rings is 1. The standard InChI is InChI=1S/C25H25N3O4S3/c1-31-18-12-11-16(14-19(18)32-2)15-21-23(30)28(25(33)35-21)13-7-3-4-10-22(29)27-24-26-17-8-5-6-9-20(17)34-24/h5-6,8-9,11-12,14-15H,3-4,7,10,13H2,1-2H3,(H,26,27,29). The zero-order valence-electron chi connectivity index (χ0n) is 19.4. The summed E-state index contributed by atoms with van der Waals surface area (Å²) in [6, 6.07) is 13.3. The number of aromatic nitrogens is 1. The highest BCUT2D eigenvalue weighted by molar-refractivity contribution is 8.26. The summed E-state index contributed by atoms with van der Waals surface area (Å²) in [6.07, 6.45) is 4.54. The van der Waals surface area contributed by atoms with Crippen LogP contribution in [0.1, 0.15) is 31.2 Å². The Bertz CT molecular complexity index is 1250. The van der Waals surface area contributed by atoms with E-state index < -0.39 is 0 Å². The summed E-state index contributed by atoms with van der Waals surface area (Å²) in [6.45, 7) is 0.535. The molecule has 0 aliphatic carbocycles. The maximum atomic E-state index is 12.9. The Labute approximate surface area is 217 Å². The predicted molar refractivity (Wildman–Crippen MR) is 146 cm³/mol. The molecule has 0 spiro atoms. The maximum absolute atomic E-state index is 12.9. The van der Waals surface area contributed by atoms with Crippen molar-refractivity contribution in [3.05, 3.63) is 52.9 Å². The second kappa shape index (κ2) is 11.7. The normalized spacial score (nSPS) is 14.7. The molecular formula is C25H25N3O4S3. The van der Waals surface area contributed by atoms with Gasteiger partial charge in [0.15, 0.2) is 16.6 Å². The van der Waals surface area contributed by atoms with E-state index in [1.54, 1.807) is 25.2 Å². The molecule has 1 saturated heterocycles. The minimum atomic E-state index is -0.0941. The Hall–Kier alpha value is -2.95. The summed E-state index contributed by atoms with van der Waals surface area (Å²) < 4.78 is 12.2. The van der Waals surface area contributed by atoms with E-state index in [4.69, 9.17) is 21.7 Å². The number of hydrogen-bond donors (Lipinski definition) is 1. The van der Waals surface area contributed by atoms with Crippen molar-refractivity contribution >= 4 is 72.9 Å². The lowest BCUT2D eigenvalue weighted by atomic mass is 10.1. The number of anilines is 1. The molecule has 1 aromatic heterocycles. The first-order valence-electron chi connectivity index (χ1n) is 11.1. The minimum Gasteiger partial charge on any atom is -0.493 e. The van der Waals surface area contributed by atoms with Crippen molar-refractivity contribution in [2.45, 2.75) is 25.7 Å². The first-order chi connectivity index (χ1) is 17.0. The van der Waals surface area contributed by atoms with Crippen LogP contribution in [0.15, 0.2) is 47.4 Å². The zero-order chi connectivity index (χ0) is 24.8. The number of para-hydroxylation sites is 1. The molecule has 4 rings (SSSR count). The number of benzene rings is 2. The van der Waals surface area contributed by atoms with Gasteiger partial charge in [-0.05, 0) is 48.7 Å². The second-order valence-corrected chi connectivity index (χ2v) is 10.5. The van der Waals surface area contributed by atoms with Crippen molar-refractivity contribution in [3.8, 4) is 11.5 Å². The molecule has 1 aliphatic rings. The topological polar surface area (TPSA) is 80.8 Å². The minimum absolute atomic E-state index is 0.0486. The number of carbonyl (C=O) groups is 2. The monoisotopic (exact) mass is 527 g/mol. The van der Waals surface area contributed by atoms with E-state index in [9.17, 15) is 9.59 Å². The van der Waals surface area contributed by atoms with Gasteiger partial charge in [-0.15, -0.1) is 0 Å². The number of amides is 2. The zero-order valence-corrected chi connectivity index (χ0v) is 21.9. The van der Waals surface area contributed by atoms with Gasteiger partial charge in [0.2, 0.25) is 5.91 Å². The third kappa shape index (κ3) is 6.19. The van der Waals surface area contributed by atoms with Crippen molar-refractivity contribution in [1.29, 1.82) is 0 Å². The molecule has 7 nitrogen and oxygen atoms in total. The number of nitrogens with zero attached hydrogens (tertiary/aromatic N) is 2. The van der Waals surface area contributed by atoms with Crippen LogP contribution in [0.2, 0.25) is 0 Å². The number of rotatable bonds is 10. The molecule has 3 aromatic rings. The molecule has 1 N–H and O–H groups in total. The largest absolute Gasteiger partial charge is 0.493 e. The lowest BCUT2D eigenvalue weighted by molar-refractivity contribution is -0.122. The van der Waals surface area contributed by atoms with Gasteiger partial charge in [-0.1, -0.05) is 59.9 Å². The van der Waals surface area contributed by atoms with Gasteiger partial charge in [-0.2, -0.15) is 0 Å². The Balaban J connectivity index is 1.23. The third-order valence-corrected chi connectivity index (χ3v) is 7.73. The van der Waals surface area contributed by atoms with Crippen molar-refractivity contribution in [2.75, 3.05) is 26.1 Å². The first kappa shape index (κ1) is 25.2. The molecule has 0 unspecified atom stereocenters. The second-order valence-electron chi connectivity index (χ2n) is 7.79.